The molecule has 0 fully saturated rings. The van der Waals surface area contributed by atoms with Gasteiger partial charge < -0.3 is 10.6 Å². The summed E-state index contributed by atoms with van der Waals surface area (Å²) < 4.78 is 0. The molecule has 0 saturated heterocycles. The molecule has 3 rings (SSSR count). The average Bonchev–Trinajstić information content (AvgIpc) is 3.02. The molecule has 41 heavy (non-hydrogen) atoms. The van der Waals surface area contributed by atoms with Crippen molar-refractivity contribution in [2.45, 2.75) is 74.3 Å². The van der Waals surface area contributed by atoms with Gasteiger partial charge in [0.15, 0.2) is 0 Å². The molecule has 0 saturated carbocycles. The lowest BCUT2D eigenvalue weighted by Crippen LogP contribution is -2.40. The average molecular weight is 553 g/mol. The molecule has 0 aliphatic rings. The summed E-state index contributed by atoms with van der Waals surface area (Å²) in [4.78, 5) is 0. The van der Waals surface area contributed by atoms with E-state index in [0.717, 1.165) is 28.9 Å². The molecule has 0 unspecified atom stereocenters. The molecule has 2 N–H and O–H groups in total. The molecular formula is C39H56N2. The number of benzene rings is 3. The monoisotopic (exact) mass is 552 g/mol. The van der Waals surface area contributed by atoms with Gasteiger partial charge in [0.05, 0.1) is 0 Å². The van der Waals surface area contributed by atoms with Crippen LogP contribution in [0, 0.1) is 0 Å². The third-order valence-electron chi connectivity index (χ3n) is 5.40. The highest BCUT2D eigenvalue weighted by atomic mass is 15.0. The predicted octanol–water partition coefficient (Wildman–Crippen LogP) is 11.6. The van der Waals surface area contributed by atoms with E-state index >= 15 is 0 Å². The van der Waals surface area contributed by atoms with Crippen LogP contribution in [-0.2, 0) is 12.0 Å². The fourth-order valence-corrected chi connectivity index (χ4v) is 3.62. The van der Waals surface area contributed by atoms with Gasteiger partial charge in [0.1, 0.15) is 5.54 Å². The minimum absolute atomic E-state index is 0.436. The van der Waals surface area contributed by atoms with E-state index in [1.807, 2.05) is 108 Å². The molecule has 3 aromatic rings. The molecule has 0 bridgehead atoms. The number of nitrogens with one attached hydrogen (secondary N) is 2. The third-order valence-corrected chi connectivity index (χ3v) is 5.40. The van der Waals surface area contributed by atoms with Crippen LogP contribution in [0.4, 0.5) is 5.69 Å². The maximum atomic E-state index is 4.04. The Hall–Kier alpha value is -4.04. The van der Waals surface area contributed by atoms with Gasteiger partial charge in [-0.25, -0.2) is 0 Å². The number of hydrogen-bond acceptors (Lipinski definition) is 2. The topological polar surface area (TPSA) is 24.1 Å². The van der Waals surface area contributed by atoms with E-state index in [1.165, 1.54) is 11.1 Å². The first-order valence-electron chi connectivity index (χ1n) is 14.7. The normalized spacial score (nSPS) is 9.39. The van der Waals surface area contributed by atoms with Crippen molar-refractivity contribution in [1.29, 1.82) is 0 Å². The van der Waals surface area contributed by atoms with Crippen LogP contribution in [0.1, 0.15) is 79.0 Å². The van der Waals surface area contributed by atoms with Crippen LogP contribution in [-0.4, -0.2) is 0 Å². The highest BCUT2D eigenvalue weighted by Crippen LogP contribution is 2.31. The largest absolute Gasteiger partial charge is 0.372 e. The van der Waals surface area contributed by atoms with E-state index in [1.54, 1.807) is 6.20 Å². The molecule has 3 aromatic carbocycles. The molecule has 0 aliphatic carbocycles. The lowest BCUT2D eigenvalue weighted by Gasteiger charge is -2.34. The van der Waals surface area contributed by atoms with Crippen molar-refractivity contribution in [3.8, 4) is 0 Å². The van der Waals surface area contributed by atoms with Crippen LogP contribution in [0.2, 0.25) is 0 Å². The summed E-state index contributed by atoms with van der Waals surface area (Å²) >= 11 is 0. The van der Waals surface area contributed by atoms with E-state index in [-0.39, 0.29) is 0 Å². The van der Waals surface area contributed by atoms with Crippen LogP contribution in [0.25, 0.3) is 0 Å². The standard InChI is InChI=1S/C18H19N.C10H13N.C7H12.2C2H6/c1-4-18(19-15(2)3,16-11-7-5-8-12-16)17-13-9-6-10-14-17;1-3-9-6-5-7-10(8-9)11-4-2;1-4-5-6-7(2)3;2*1-2/h4-14,19H,1-2H2,3H3;4-8,11H,2-3H2,1H3;4-6H,1-3H3;2*1-2H3/b;;5-4-;;. The fourth-order valence-electron chi connectivity index (χ4n) is 3.62. The van der Waals surface area contributed by atoms with Crippen molar-refractivity contribution < 1.29 is 0 Å². The molecule has 222 valence electrons. The molecule has 0 radical (unpaired) electrons. The summed E-state index contributed by atoms with van der Waals surface area (Å²) in [5, 5.41) is 6.51. The number of hydrogen-bond donors (Lipinski definition) is 2. The predicted molar refractivity (Wildman–Crippen MR) is 188 cm³/mol. The zero-order valence-electron chi connectivity index (χ0n) is 27.3. The zero-order valence-corrected chi connectivity index (χ0v) is 27.3. The van der Waals surface area contributed by atoms with E-state index in [9.17, 15) is 0 Å². The Kier molecular flexibility index (Phi) is 23.8. The highest BCUT2D eigenvalue weighted by Gasteiger charge is 2.30. The molecule has 0 aliphatic heterocycles. The van der Waals surface area contributed by atoms with Crippen LogP contribution in [0.15, 0.2) is 146 Å². The molecule has 0 aromatic heterocycles. The molecule has 0 heterocycles. The lowest BCUT2D eigenvalue weighted by atomic mass is 9.82. The third kappa shape index (κ3) is 16.0. The molecule has 2 heteroatoms. The van der Waals surface area contributed by atoms with E-state index in [2.05, 4.69) is 93.6 Å². The van der Waals surface area contributed by atoms with Gasteiger partial charge in [-0.1, -0.05) is 150 Å². The number of aryl methyl sites for hydroxylation is 1. The first-order valence-corrected chi connectivity index (χ1v) is 14.7. The lowest BCUT2D eigenvalue weighted by molar-refractivity contribution is 0.552. The minimum atomic E-state index is -0.436. The Morgan fingerprint density at radius 3 is 1.63 bits per heavy atom. The maximum absolute atomic E-state index is 4.04. The van der Waals surface area contributed by atoms with Crippen molar-refractivity contribution in [2.24, 2.45) is 0 Å². The maximum Gasteiger partial charge on any atom is 0.106 e. The van der Waals surface area contributed by atoms with Gasteiger partial charge in [0, 0.05) is 11.4 Å². The van der Waals surface area contributed by atoms with E-state index < -0.39 is 5.54 Å². The molecule has 2 nitrogen and oxygen atoms in total. The minimum Gasteiger partial charge on any atom is -0.372 e. The molecule has 0 spiro atoms. The quantitative estimate of drug-likeness (QED) is 0.204. The first kappa shape index (κ1) is 39.1. The number of rotatable bonds is 9. The second-order valence-electron chi connectivity index (χ2n) is 8.82. The first-order chi connectivity index (χ1) is 19.8. The summed E-state index contributed by atoms with van der Waals surface area (Å²) in [6.07, 6.45) is 10.8. The van der Waals surface area contributed by atoms with Gasteiger partial charge in [-0.3, -0.25) is 0 Å². The van der Waals surface area contributed by atoms with Crippen molar-refractivity contribution in [3.05, 3.63) is 163 Å². The van der Waals surface area contributed by atoms with E-state index in [4.69, 9.17) is 0 Å². The smallest absolute Gasteiger partial charge is 0.106 e. The van der Waals surface area contributed by atoms with Gasteiger partial charge in [-0.2, -0.15) is 0 Å². The number of anilines is 1. The Morgan fingerprint density at radius 2 is 1.29 bits per heavy atom. The molecule has 0 atom stereocenters. The SMILES string of the molecule is C/C=C\C=C(C)C.C=CC(NC(=C)C)(c1ccccc1)c1ccccc1.C=CNc1cccc(CC)c1.CC.CC. The van der Waals surface area contributed by atoms with Gasteiger partial charge in [0.25, 0.3) is 0 Å². The Morgan fingerprint density at radius 1 is 0.780 bits per heavy atom. The summed E-state index contributed by atoms with van der Waals surface area (Å²) in [6.45, 7) is 29.9. The van der Waals surface area contributed by atoms with Gasteiger partial charge in [-0.15, -0.1) is 6.58 Å². The van der Waals surface area contributed by atoms with Crippen LogP contribution in [0.5, 0.6) is 0 Å². The molecule has 0 amide bonds. The second kappa shape index (κ2) is 25.0. The highest BCUT2D eigenvalue weighted by molar-refractivity contribution is 5.47. The summed E-state index contributed by atoms with van der Waals surface area (Å²) in [7, 11) is 0. The zero-order chi connectivity index (χ0) is 31.5. The Balaban J connectivity index is 0. The van der Waals surface area contributed by atoms with Crippen LogP contribution < -0.4 is 10.6 Å². The van der Waals surface area contributed by atoms with Gasteiger partial charge in [-0.05, 0) is 69.1 Å². The van der Waals surface area contributed by atoms with Crippen molar-refractivity contribution in [3.63, 3.8) is 0 Å². The van der Waals surface area contributed by atoms with Gasteiger partial charge in [0.2, 0.25) is 0 Å². The second-order valence-corrected chi connectivity index (χ2v) is 8.82. The Bertz CT molecular complexity index is 1090. The number of allylic oxidation sites excluding steroid dienone is 5. The summed E-state index contributed by atoms with van der Waals surface area (Å²) in [5.41, 5.74) is 6.58. The fraction of sp³-hybridized carbons (Fsp3) is 0.282. The Labute approximate surface area is 253 Å². The van der Waals surface area contributed by atoms with Gasteiger partial charge >= 0.3 is 0 Å². The summed E-state index contributed by atoms with van der Waals surface area (Å²) in [5.74, 6) is 0. The molecular weight excluding hydrogens is 496 g/mol. The van der Waals surface area contributed by atoms with Crippen molar-refractivity contribution in [2.75, 3.05) is 5.32 Å². The van der Waals surface area contributed by atoms with Crippen LogP contribution >= 0.6 is 0 Å². The van der Waals surface area contributed by atoms with E-state index in [0.29, 0.717) is 0 Å². The van der Waals surface area contributed by atoms with Crippen molar-refractivity contribution in [1.82, 2.24) is 5.32 Å². The summed E-state index contributed by atoms with van der Waals surface area (Å²) in [6, 6.07) is 28.9. The van der Waals surface area contributed by atoms with Crippen molar-refractivity contribution >= 4 is 5.69 Å². The van der Waals surface area contributed by atoms with Crippen LogP contribution in [0.3, 0.4) is 0 Å².